The zero-order chi connectivity index (χ0) is 56.3. The van der Waals surface area contributed by atoms with Crippen molar-refractivity contribution in [3.8, 4) is 0 Å². The molecule has 0 heterocycles. The smallest absolute Gasteiger partial charge is 0.548 e. The molecular formula is C63H114CrN3O9. The van der Waals surface area contributed by atoms with Gasteiger partial charge in [0.05, 0.1) is 37.5 Å². The Morgan fingerprint density at radius 3 is 0.605 bits per heavy atom. The molecule has 0 spiro atoms. The molecule has 3 amide bonds. The van der Waals surface area contributed by atoms with Crippen molar-refractivity contribution in [1.29, 1.82) is 0 Å². The van der Waals surface area contributed by atoms with Gasteiger partial charge in [-0.05, 0) is 96.3 Å². The quantitative estimate of drug-likeness (QED) is 0.0423. The summed E-state index contributed by atoms with van der Waals surface area (Å²) in [5.74, 6) is -3.95. The topological polar surface area (TPSA) is 181 Å². The van der Waals surface area contributed by atoms with Crippen LogP contribution in [0.5, 0.6) is 0 Å². The third-order valence-corrected chi connectivity index (χ3v) is 13.3. The summed E-state index contributed by atoms with van der Waals surface area (Å²) < 4.78 is 0. The number of unbranched alkanes of at least 4 members (excludes halogenated alkanes) is 33. The van der Waals surface area contributed by atoms with Gasteiger partial charge in [-0.2, -0.15) is 0 Å². The number of nitrogens with zero attached hydrogens (tertiary/aromatic N) is 3. The van der Waals surface area contributed by atoms with E-state index in [1.807, 2.05) is 0 Å². The molecule has 0 fully saturated rings. The molecule has 0 rings (SSSR count). The van der Waals surface area contributed by atoms with Crippen molar-refractivity contribution in [2.45, 2.75) is 290 Å². The monoisotopic (exact) mass is 1110 g/mol. The molecule has 0 aliphatic rings. The number of hydrogen-bond donors (Lipinski definition) is 0. The van der Waals surface area contributed by atoms with E-state index in [-0.39, 0.29) is 54.7 Å². The maximum Gasteiger partial charge on any atom is 3.00 e. The van der Waals surface area contributed by atoms with E-state index >= 15 is 0 Å². The summed E-state index contributed by atoms with van der Waals surface area (Å²) in [6.07, 6.45) is 63.0. The Morgan fingerprint density at radius 1 is 0.276 bits per heavy atom. The number of likely N-dealkylation sites (N-methyl/N-ethyl adjacent to an activating group) is 3. The van der Waals surface area contributed by atoms with E-state index in [0.717, 1.165) is 77.0 Å². The van der Waals surface area contributed by atoms with Gasteiger partial charge in [-0.1, -0.05) is 211 Å². The zero-order valence-corrected chi connectivity index (χ0v) is 51.0. The Balaban J connectivity index is -0.000000508. The van der Waals surface area contributed by atoms with Crippen LogP contribution in [0.2, 0.25) is 0 Å². The summed E-state index contributed by atoms with van der Waals surface area (Å²) in [4.78, 5) is 69.8. The molecule has 0 unspecified atom stereocenters. The van der Waals surface area contributed by atoms with E-state index in [4.69, 9.17) is 0 Å². The number of amides is 3. The SMILES string of the molecule is CCCCCCCCC=CCCCCCCCC(=O)N(C)CC(=O)[O-].CCCCCCCCC=CCCCCCCCC(=O)N(C)CC(=O)[O-].CCCCCCCCC=CCCCCCCCC(=O)N(C)CC(=O)[O-].[Cr+3]. The van der Waals surface area contributed by atoms with Gasteiger partial charge < -0.3 is 44.4 Å². The molecule has 0 bridgehead atoms. The maximum atomic E-state index is 11.6. The minimum atomic E-state index is -1.21. The summed E-state index contributed by atoms with van der Waals surface area (Å²) in [5, 5.41) is 31.2. The van der Waals surface area contributed by atoms with Crippen molar-refractivity contribution in [1.82, 2.24) is 14.7 Å². The average molecular weight is 1110 g/mol. The van der Waals surface area contributed by atoms with Gasteiger partial charge >= 0.3 is 17.4 Å². The standard InChI is InChI=1S/3C21H39NO3.Cr/c3*1-3-4-5-6-7-8-9-10-11-12-13-14-15-16-17-18-20(23)22(2)19-21(24)25;/h3*10-11H,3-9,12-19H2,1-2H3,(H,24,25);/q;;;+3/p-3. The largest absolute Gasteiger partial charge is 3.00 e. The molecule has 0 aromatic carbocycles. The van der Waals surface area contributed by atoms with E-state index in [9.17, 15) is 44.1 Å². The zero-order valence-electron chi connectivity index (χ0n) is 49.7. The molecule has 76 heavy (non-hydrogen) atoms. The first kappa shape index (κ1) is 79.1. The first-order valence-corrected chi connectivity index (χ1v) is 30.5. The summed E-state index contributed by atoms with van der Waals surface area (Å²) >= 11 is 0. The fourth-order valence-corrected chi connectivity index (χ4v) is 8.46. The number of carboxylic acids is 3. The Kier molecular flexibility index (Phi) is 66.7. The summed E-state index contributed by atoms with van der Waals surface area (Å²) in [5.41, 5.74) is 0. The number of aliphatic carboxylic acids is 3. The summed E-state index contributed by atoms with van der Waals surface area (Å²) in [7, 11) is 4.53. The van der Waals surface area contributed by atoms with Crippen molar-refractivity contribution < 1.29 is 61.4 Å². The number of carbonyl (C=O) groups is 6. The third kappa shape index (κ3) is 66.7. The molecule has 1 radical (unpaired) electrons. The Hall–Kier alpha value is -3.43. The summed E-state index contributed by atoms with van der Waals surface area (Å²) in [6, 6.07) is 0. The fourth-order valence-electron chi connectivity index (χ4n) is 8.46. The predicted molar refractivity (Wildman–Crippen MR) is 306 cm³/mol. The molecule has 0 aromatic rings. The van der Waals surface area contributed by atoms with Crippen molar-refractivity contribution in [3.05, 3.63) is 36.5 Å². The first-order chi connectivity index (χ1) is 36.2. The van der Waals surface area contributed by atoms with Gasteiger partial charge in [0.25, 0.3) is 0 Å². The van der Waals surface area contributed by atoms with Crippen LogP contribution in [0.15, 0.2) is 36.5 Å². The van der Waals surface area contributed by atoms with Gasteiger partial charge in [0, 0.05) is 40.4 Å². The summed E-state index contributed by atoms with van der Waals surface area (Å²) in [6.45, 7) is 5.81. The van der Waals surface area contributed by atoms with Crippen LogP contribution in [0.25, 0.3) is 0 Å². The van der Waals surface area contributed by atoms with E-state index < -0.39 is 17.9 Å². The maximum absolute atomic E-state index is 11.6. The molecule has 12 nitrogen and oxygen atoms in total. The van der Waals surface area contributed by atoms with Gasteiger partial charge in [-0.25, -0.2) is 0 Å². The van der Waals surface area contributed by atoms with Crippen LogP contribution in [0.1, 0.15) is 290 Å². The molecule has 0 N–H and O–H groups in total. The van der Waals surface area contributed by atoms with Gasteiger partial charge in [0.1, 0.15) is 0 Å². The Labute approximate surface area is 477 Å². The van der Waals surface area contributed by atoms with Crippen molar-refractivity contribution >= 4 is 35.6 Å². The van der Waals surface area contributed by atoms with E-state index in [1.54, 1.807) is 0 Å². The van der Waals surface area contributed by atoms with Crippen LogP contribution in [0.3, 0.4) is 0 Å². The second-order valence-electron chi connectivity index (χ2n) is 20.9. The number of hydrogen-bond acceptors (Lipinski definition) is 9. The molecule has 0 aliphatic heterocycles. The van der Waals surface area contributed by atoms with Crippen molar-refractivity contribution in [2.75, 3.05) is 40.8 Å². The molecule has 0 saturated heterocycles. The van der Waals surface area contributed by atoms with E-state index in [1.165, 1.54) is 209 Å². The third-order valence-electron chi connectivity index (χ3n) is 13.3. The number of carboxylic acid groups (broad SMARTS) is 3. The fraction of sp³-hybridized carbons (Fsp3) is 0.810. The molecular weight excluding hydrogens is 995 g/mol. The molecule has 0 atom stereocenters. The molecule has 0 saturated carbocycles. The average Bonchev–Trinajstić information content (AvgIpc) is 3.37. The normalized spacial score (nSPS) is 11.0. The van der Waals surface area contributed by atoms with Gasteiger partial charge in [0.15, 0.2) is 0 Å². The minimum Gasteiger partial charge on any atom is -0.548 e. The molecule has 0 aromatic heterocycles. The van der Waals surface area contributed by atoms with Crippen LogP contribution < -0.4 is 15.3 Å². The van der Waals surface area contributed by atoms with Crippen molar-refractivity contribution in [2.24, 2.45) is 0 Å². The second kappa shape index (κ2) is 64.1. The Morgan fingerprint density at radius 2 is 0.434 bits per heavy atom. The second-order valence-corrected chi connectivity index (χ2v) is 20.9. The first-order valence-electron chi connectivity index (χ1n) is 30.5. The van der Waals surface area contributed by atoms with Crippen LogP contribution >= 0.6 is 0 Å². The molecule has 13 heteroatoms. The number of allylic oxidation sites excluding steroid dienone is 6. The van der Waals surface area contributed by atoms with Crippen LogP contribution in [-0.4, -0.2) is 91.1 Å². The molecule has 0 aliphatic carbocycles. The van der Waals surface area contributed by atoms with Crippen LogP contribution in [0, 0.1) is 0 Å². The van der Waals surface area contributed by atoms with Crippen LogP contribution in [0.4, 0.5) is 0 Å². The van der Waals surface area contributed by atoms with Gasteiger partial charge in [-0.3, -0.25) is 14.4 Å². The predicted octanol–water partition coefficient (Wildman–Crippen LogP) is 12.7. The minimum absolute atomic E-state index is 0. The molecule has 441 valence electrons. The Bertz CT molecular complexity index is 1270. The van der Waals surface area contributed by atoms with Crippen molar-refractivity contribution in [3.63, 3.8) is 0 Å². The van der Waals surface area contributed by atoms with Gasteiger partial charge in [0.2, 0.25) is 17.7 Å². The number of rotatable bonds is 51. The van der Waals surface area contributed by atoms with Crippen LogP contribution in [-0.2, 0) is 46.1 Å². The van der Waals surface area contributed by atoms with E-state index in [0.29, 0.717) is 19.3 Å². The van der Waals surface area contributed by atoms with Gasteiger partial charge in [-0.15, -0.1) is 0 Å². The number of carbonyl (C=O) groups excluding carboxylic acids is 6. The van der Waals surface area contributed by atoms with E-state index in [2.05, 4.69) is 57.2 Å².